The molecule has 2 fully saturated rings. The summed E-state index contributed by atoms with van der Waals surface area (Å²) in [6.45, 7) is 10.3. The molecule has 0 aromatic rings. The van der Waals surface area contributed by atoms with E-state index in [4.69, 9.17) is 9.47 Å². The van der Waals surface area contributed by atoms with Gasteiger partial charge in [-0.05, 0) is 33.6 Å². The third-order valence-electron chi connectivity index (χ3n) is 3.81. The molecule has 4 nitrogen and oxygen atoms in total. The smallest absolute Gasteiger partial charge is 0.162 e. The maximum Gasteiger partial charge on any atom is 0.162 e. The summed E-state index contributed by atoms with van der Waals surface area (Å²) in [5.41, 5.74) is -0.993. The molecular formula is C12H20NO3. The van der Waals surface area contributed by atoms with Crippen LogP contribution in [-0.4, -0.2) is 35.1 Å². The Labute approximate surface area is 96.8 Å². The first kappa shape index (κ1) is 12.0. The zero-order chi connectivity index (χ0) is 12.0. The van der Waals surface area contributed by atoms with Gasteiger partial charge in [-0.15, -0.1) is 16.8 Å². The molecule has 2 saturated heterocycles. The summed E-state index contributed by atoms with van der Waals surface area (Å²) in [6, 6.07) is 0. The van der Waals surface area contributed by atoms with Crippen molar-refractivity contribution in [1.29, 1.82) is 0 Å². The van der Waals surface area contributed by atoms with Crippen molar-refractivity contribution in [2.24, 2.45) is 0 Å². The van der Waals surface area contributed by atoms with Gasteiger partial charge in [-0.1, -0.05) is 6.08 Å². The van der Waals surface area contributed by atoms with Gasteiger partial charge in [-0.2, -0.15) is 0 Å². The van der Waals surface area contributed by atoms with Crippen LogP contribution in [0.3, 0.4) is 0 Å². The minimum atomic E-state index is -0.570. The second-order valence-electron chi connectivity index (χ2n) is 5.56. The fourth-order valence-electron chi connectivity index (χ4n) is 2.38. The highest BCUT2D eigenvalue weighted by molar-refractivity contribution is 5.11. The Balaban J connectivity index is 2.15. The molecule has 1 radical (unpaired) electrons. The second-order valence-corrected chi connectivity index (χ2v) is 5.56. The van der Waals surface area contributed by atoms with E-state index in [0.717, 1.165) is 17.9 Å². The lowest BCUT2D eigenvalue weighted by atomic mass is 9.97. The van der Waals surface area contributed by atoms with E-state index in [2.05, 4.69) is 6.58 Å². The van der Waals surface area contributed by atoms with Gasteiger partial charge in [0, 0.05) is 0 Å². The van der Waals surface area contributed by atoms with Crippen molar-refractivity contribution in [3.05, 3.63) is 12.7 Å². The van der Waals surface area contributed by atoms with E-state index in [1.807, 2.05) is 20.8 Å². The molecule has 0 N–H and O–H groups in total. The summed E-state index contributed by atoms with van der Waals surface area (Å²) in [5.74, 6) is -0.570. The lowest BCUT2D eigenvalue weighted by Crippen LogP contribution is -2.59. The van der Waals surface area contributed by atoms with Gasteiger partial charge in [0.1, 0.15) is 0 Å². The van der Waals surface area contributed by atoms with Gasteiger partial charge in [0.2, 0.25) is 0 Å². The van der Waals surface area contributed by atoms with Crippen LogP contribution in [0.5, 0.6) is 0 Å². The van der Waals surface area contributed by atoms with Crippen molar-refractivity contribution < 1.29 is 14.7 Å². The van der Waals surface area contributed by atoms with Gasteiger partial charge >= 0.3 is 0 Å². The largest absolute Gasteiger partial charge is 0.348 e. The van der Waals surface area contributed by atoms with Gasteiger partial charge in [0.05, 0.1) is 24.3 Å². The Morgan fingerprint density at radius 2 is 1.75 bits per heavy atom. The molecule has 0 amide bonds. The molecule has 91 valence electrons. The number of rotatable bonds is 1. The first-order valence-corrected chi connectivity index (χ1v) is 5.73. The molecule has 16 heavy (non-hydrogen) atoms. The molecule has 2 aliphatic rings. The predicted molar refractivity (Wildman–Crippen MR) is 59.1 cm³/mol. The Morgan fingerprint density at radius 1 is 1.19 bits per heavy atom. The van der Waals surface area contributed by atoms with E-state index < -0.39 is 16.9 Å². The molecule has 2 rings (SSSR count). The SMILES string of the molecule is C=CC1(C)CCC2(COC(C)(C)OC2)N1[O]. The lowest BCUT2D eigenvalue weighted by Gasteiger charge is -2.44. The maximum absolute atomic E-state index is 12.3. The minimum absolute atomic E-state index is 0.437. The minimum Gasteiger partial charge on any atom is -0.348 e. The average molecular weight is 226 g/mol. The van der Waals surface area contributed by atoms with Gasteiger partial charge in [-0.3, -0.25) is 0 Å². The van der Waals surface area contributed by atoms with Crippen molar-refractivity contribution in [3.8, 4) is 0 Å². The van der Waals surface area contributed by atoms with Crippen LogP contribution in [0.2, 0.25) is 0 Å². The predicted octanol–water partition coefficient (Wildman–Crippen LogP) is 1.89. The molecule has 2 aliphatic heterocycles. The first-order chi connectivity index (χ1) is 7.34. The van der Waals surface area contributed by atoms with E-state index in [1.54, 1.807) is 6.08 Å². The molecule has 4 heteroatoms. The van der Waals surface area contributed by atoms with E-state index in [0.29, 0.717) is 13.2 Å². The topological polar surface area (TPSA) is 41.6 Å². The Hall–Kier alpha value is -0.420. The number of ether oxygens (including phenoxy) is 2. The van der Waals surface area contributed by atoms with Crippen molar-refractivity contribution in [2.75, 3.05) is 13.2 Å². The number of hydroxylamine groups is 2. The number of nitrogens with zero attached hydrogens (tertiary/aromatic N) is 1. The molecule has 1 atom stereocenters. The highest BCUT2D eigenvalue weighted by atomic mass is 16.7. The Kier molecular flexibility index (Phi) is 2.66. The van der Waals surface area contributed by atoms with Crippen LogP contribution in [0.4, 0.5) is 0 Å². The molecule has 2 heterocycles. The Bertz CT molecular complexity index is 293. The van der Waals surface area contributed by atoms with E-state index in [9.17, 15) is 5.21 Å². The second kappa shape index (κ2) is 3.53. The molecule has 0 aromatic heterocycles. The third-order valence-corrected chi connectivity index (χ3v) is 3.81. The number of hydrogen-bond acceptors (Lipinski definition) is 3. The van der Waals surface area contributed by atoms with Crippen molar-refractivity contribution in [1.82, 2.24) is 5.06 Å². The van der Waals surface area contributed by atoms with Gasteiger partial charge in [0.15, 0.2) is 5.79 Å². The summed E-state index contributed by atoms with van der Waals surface area (Å²) in [4.78, 5) is 0. The van der Waals surface area contributed by atoms with Crippen molar-refractivity contribution >= 4 is 0 Å². The van der Waals surface area contributed by atoms with Crippen LogP contribution in [0, 0.1) is 0 Å². The summed E-state index contributed by atoms with van der Waals surface area (Å²) < 4.78 is 11.2. The third kappa shape index (κ3) is 1.70. The molecule has 1 unspecified atom stereocenters. The molecule has 1 spiro atoms. The van der Waals surface area contributed by atoms with Crippen LogP contribution in [0.25, 0.3) is 0 Å². The fraction of sp³-hybridized carbons (Fsp3) is 0.833. The maximum atomic E-state index is 12.3. The Morgan fingerprint density at radius 3 is 2.19 bits per heavy atom. The van der Waals surface area contributed by atoms with Crippen LogP contribution in [0.1, 0.15) is 33.6 Å². The molecule has 0 aliphatic carbocycles. The summed E-state index contributed by atoms with van der Waals surface area (Å²) in [5, 5.41) is 13.5. The number of hydrogen-bond donors (Lipinski definition) is 0. The standard InChI is InChI=1S/C12H20NO3/c1-5-11(4)6-7-12(13(11)14)8-15-10(2,3)16-9-12/h5H,1,6-9H2,2-4H3. The molecule has 0 saturated carbocycles. The summed E-state index contributed by atoms with van der Waals surface area (Å²) >= 11 is 0. The fourth-order valence-corrected chi connectivity index (χ4v) is 2.38. The van der Waals surface area contributed by atoms with Gasteiger partial charge in [0.25, 0.3) is 0 Å². The van der Waals surface area contributed by atoms with Gasteiger partial charge < -0.3 is 9.47 Å². The summed E-state index contributed by atoms with van der Waals surface area (Å²) in [6.07, 6.45) is 3.34. The quantitative estimate of drug-likeness (QED) is 0.641. The zero-order valence-electron chi connectivity index (χ0n) is 10.3. The van der Waals surface area contributed by atoms with Crippen LogP contribution in [0.15, 0.2) is 12.7 Å². The lowest BCUT2D eigenvalue weighted by molar-refractivity contribution is -0.340. The van der Waals surface area contributed by atoms with E-state index >= 15 is 0 Å². The van der Waals surface area contributed by atoms with Crippen LogP contribution in [-0.2, 0) is 14.7 Å². The van der Waals surface area contributed by atoms with E-state index in [1.165, 1.54) is 0 Å². The molecule has 0 aromatic carbocycles. The van der Waals surface area contributed by atoms with E-state index in [-0.39, 0.29) is 0 Å². The van der Waals surface area contributed by atoms with Gasteiger partial charge in [-0.25, -0.2) is 0 Å². The average Bonchev–Trinajstić information content (AvgIpc) is 2.50. The van der Waals surface area contributed by atoms with Crippen molar-refractivity contribution in [2.45, 2.75) is 50.5 Å². The highest BCUT2D eigenvalue weighted by Crippen LogP contribution is 2.43. The van der Waals surface area contributed by atoms with Crippen LogP contribution >= 0.6 is 0 Å². The summed E-state index contributed by atoms with van der Waals surface area (Å²) in [7, 11) is 0. The molecule has 0 bridgehead atoms. The molecular weight excluding hydrogens is 206 g/mol. The zero-order valence-corrected chi connectivity index (χ0v) is 10.3. The normalized spacial score (nSPS) is 37.8. The first-order valence-electron chi connectivity index (χ1n) is 5.73. The van der Waals surface area contributed by atoms with Crippen LogP contribution < -0.4 is 0 Å². The van der Waals surface area contributed by atoms with Crippen molar-refractivity contribution in [3.63, 3.8) is 0 Å². The highest BCUT2D eigenvalue weighted by Gasteiger charge is 2.55. The monoisotopic (exact) mass is 226 g/mol.